The lowest BCUT2D eigenvalue weighted by Crippen LogP contribution is -2.06. The van der Waals surface area contributed by atoms with E-state index >= 15 is 0 Å². The van der Waals surface area contributed by atoms with Crippen molar-refractivity contribution in [2.75, 3.05) is 5.33 Å². The Balaban J connectivity index is 0.000000257. The number of hydrogen-bond donors (Lipinski definition) is 0. The summed E-state index contributed by atoms with van der Waals surface area (Å²) in [6.07, 6.45) is -8.59. The highest BCUT2D eigenvalue weighted by atomic mass is 79.9. The second-order valence-corrected chi connectivity index (χ2v) is 6.11. The molecule has 0 spiro atoms. The maximum atomic E-state index is 12.1. The number of halogens is 8. The number of alkyl halides is 7. The van der Waals surface area contributed by atoms with Crippen molar-refractivity contribution in [3.63, 3.8) is 0 Å². The van der Waals surface area contributed by atoms with Crippen LogP contribution in [0.1, 0.15) is 21.5 Å². The summed E-state index contributed by atoms with van der Waals surface area (Å²) in [5, 5.41) is 0.109. The number of benzene rings is 2. The van der Waals surface area contributed by atoms with Crippen molar-refractivity contribution < 1.29 is 31.1 Å². The minimum Gasteiger partial charge on any atom is -0.293 e. The normalized spacial score (nSPS) is 11.5. The number of ketones is 1. The van der Waals surface area contributed by atoms with Gasteiger partial charge in [-0.1, -0.05) is 44.0 Å². The van der Waals surface area contributed by atoms with Crippen molar-refractivity contribution in [1.82, 2.24) is 0 Å². The molecule has 0 radical (unpaired) electrons. The lowest BCUT2D eigenvalue weighted by molar-refractivity contribution is -0.138. The van der Waals surface area contributed by atoms with Crippen molar-refractivity contribution in [2.45, 2.75) is 12.4 Å². The molecule has 0 amide bonds. The van der Waals surface area contributed by atoms with Gasteiger partial charge in [0.2, 0.25) is 0 Å². The SMILES string of the molecule is FC(F)(F)c1ccc(Br)cc1.O=C(CBr)c1ccc(C(F)(F)F)cc1. The molecule has 0 saturated carbocycles. The summed E-state index contributed by atoms with van der Waals surface area (Å²) in [5.74, 6) is -0.237. The van der Waals surface area contributed by atoms with E-state index in [4.69, 9.17) is 0 Å². The number of carbonyl (C=O) groups excluding carboxylic acids is 1. The Labute approximate surface area is 156 Å². The summed E-state index contributed by atoms with van der Waals surface area (Å²) < 4.78 is 72.7. The number of hydrogen-bond acceptors (Lipinski definition) is 1. The zero-order chi connectivity index (χ0) is 19.3. The van der Waals surface area contributed by atoms with Gasteiger partial charge >= 0.3 is 12.4 Å². The number of carbonyl (C=O) groups is 1. The molecular formula is C16H10Br2F6O. The van der Waals surface area contributed by atoms with Gasteiger partial charge in [-0.15, -0.1) is 0 Å². The Morgan fingerprint density at radius 3 is 1.44 bits per heavy atom. The van der Waals surface area contributed by atoms with Gasteiger partial charge < -0.3 is 0 Å². The fourth-order valence-corrected chi connectivity index (χ4v) is 2.15. The average molecular weight is 492 g/mol. The van der Waals surface area contributed by atoms with Crippen LogP contribution >= 0.6 is 31.9 Å². The zero-order valence-corrected chi connectivity index (χ0v) is 15.4. The molecule has 0 bridgehead atoms. The van der Waals surface area contributed by atoms with Gasteiger partial charge in [-0.2, -0.15) is 26.3 Å². The van der Waals surface area contributed by atoms with Gasteiger partial charge in [-0.3, -0.25) is 4.79 Å². The molecule has 0 heterocycles. The maximum absolute atomic E-state index is 12.1. The molecule has 0 unspecified atom stereocenters. The third-order valence-electron chi connectivity index (χ3n) is 2.83. The second kappa shape index (κ2) is 8.84. The van der Waals surface area contributed by atoms with Crippen LogP contribution < -0.4 is 0 Å². The van der Waals surface area contributed by atoms with E-state index in [0.29, 0.717) is 4.47 Å². The molecule has 0 N–H and O–H groups in total. The lowest BCUT2D eigenvalue weighted by Gasteiger charge is -2.06. The molecule has 25 heavy (non-hydrogen) atoms. The summed E-state index contributed by atoms with van der Waals surface area (Å²) in [4.78, 5) is 11.0. The molecule has 2 aromatic carbocycles. The largest absolute Gasteiger partial charge is 0.416 e. The highest BCUT2D eigenvalue weighted by molar-refractivity contribution is 9.10. The first kappa shape index (κ1) is 21.7. The van der Waals surface area contributed by atoms with E-state index < -0.39 is 23.5 Å². The first-order chi connectivity index (χ1) is 11.4. The zero-order valence-electron chi connectivity index (χ0n) is 12.3. The first-order valence-electron chi connectivity index (χ1n) is 6.54. The van der Waals surface area contributed by atoms with Crippen LogP contribution in [0, 0.1) is 0 Å². The summed E-state index contributed by atoms with van der Waals surface area (Å²) >= 11 is 5.98. The molecule has 0 aromatic heterocycles. The Bertz CT molecular complexity index is 691. The van der Waals surface area contributed by atoms with Crippen LogP contribution in [0.4, 0.5) is 26.3 Å². The van der Waals surface area contributed by atoms with Crippen molar-refractivity contribution >= 4 is 37.6 Å². The van der Waals surface area contributed by atoms with Crippen LogP contribution in [0.25, 0.3) is 0 Å². The van der Waals surface area contributed by atoms with Gasteiger partial charge in [-0.05, 0) is 36.4 Å². The summed E-state index contributed by atoms with van der Waals surface area (Å²) in [6, 6.07) is 8.93. The Kier molecular flexibility index (Phi) is 7.67. The van der Waals surface area contributed by atoms with E-state index in [0.717, 1.165) is 24.3 Å². The Morgan fingerprint density at radius 2 is 1.12 bits per heavy atom. The Morgan fingerprint density at radius 1 is 0.760 bits per heavy atom. The van der Waals surface area contributed by atoms with Crippen molar-refractivity contribution in [3.8, 4) is 0 Å². The monoisotopic (exact) mass is 490 g/mol. The van der Waals surface area contributed by atoms with Crippen LogP contribution in [0.5, 0.6) is 0 Å². The van der Waals surface area contributed by atoms with Crippen LogP contribution in [0.15, 0.2) is 53.0 Å². The standard InChI is InChI=1S/C9H6BrF3O.C7H4BrF3/c10-5-8(14)6-1-3-7(4-2-6)9(11,12)13;8-6-3-1-5(2-4-6)7(9,10)11/h1-4H,5H2;1-4H. The average Bonchev–Trinajstić information content (AvgIpc) is 2.53. The summed E-state index contributed by atoms with van der Waals surface area (Å²) in [7, 11) is 0. The van der Waals surface area contributed by atoms with E-state index in [-0.39, 0.29) is 16.7 Å². The highest BCUT2D eigenvalue weighted by Crippen LogP contribution is 2.30. The number of rotatable bonds is 2. The van der Waals surface area contributed by atoms with Crippen LogP contribution in [-0.4, -0.2) is 11.1 Å². The predicted molar refractivity (Wildman–Crippen MR) is 88.7 cm³/mol. The first-order valence-corrected chi connectivity index (χ1v) is 8.46. The molecule has 0 aliphatic carbocycles. The van der Waals surface area contributed by atoms with Gasteiger partial charge in [0, 0.05) is 10.0 Å². The van der Waals surface area contributed by atoms with Gasteiger partial charge in [0.15, 0.2) is 5.78 Å². The molecule has 2 aromatic rings. The van der Waals surface area contributed by atoms with Crippen LogP contribution in [0.3, 0.4) is 0 Å². The minimum absolute atomic E-state index is 0.109. The molecule has 0 saturated heterocycles. The smallest absolute Gasteiger partial charge is 0.293 e. The number of Topliss-reactive ketones (excluding diaryl/α,β-unsaturated/α-hetero) is 1. The molecule has 9 heteroatoms. The fraction of sp³-hybridized carbons (Fsp3) is 0.188. The topological polar surface area (TPSA) is 17.1 Å². The lowest BCUT2D eigenvalue weighted by atomic mass is 10.1. The van der Waals surface area contributed by atoms with Crippen molar-refractivity contribution in [3.05, 3.63) is 69.7 Å². The van der Waals surface area contributed by atoms with Crippen molar-refractivity contribution in [1.29, 1.82) is 0 Å². The second-order valence-electron chi connectivity index (χ2n) is 4.64. The minimum atomic E-state index is -4.35. The van der Waals surface area contributed by atoms with Crippen LogP contribution in [-0.2, 0) is 12.4 Å². The van der Waals surface area contributed by atoms with E-state index in [1.54, 1.807) is 0 Å². The quantitative estimate of drug-likeness (QED) is 0.258. The maximum Gasteiger partial charge on any atom is 0.416 e. The third-order valence-corrected chi connectivity index (χ3v) is 3.87. The molecule has 0 aliphatic heterocycles. The van der Waals surface area contributed by atoms with E-state index in [1.165, 1.54) is 24.3 Å². The van der Waals surface area contributed by atoms with Crippen molar-refractivity contribution in [2.24, 2.45) is 0 Å². The molecule has 0 aliphatic rings. The highest BCUT2D eigenvalue weighted by Gasteiger charge is 2.30. The molecule has 2 rings (SSSR count). The molecule has 0 atom stereocenters. The van der Waals surface area contributed by atoms with Gasteiger partial charge in [0.1, 0.15) is 0 Å². The van der Waals surface area contributed by atoms with Gasteiger partial charge in [0.05, 0.1) is 16.5 Å². The third kappa shape index (κ3) is 7.19. The molecular weight excluding hydrogens is 482 g/mol. The molecule has 1 nitrogen and oxygen atoms in total. The predicted octanol–water partition coefficient (Wildman–Crippen LogP) is 6.75. The fourth-order valence-electron chi connectivity index (χ4n) is 1.56. The van der Waals surface area contributed by atoms with Gasteiger partial charge in [0.25, 0.3) is 0 Å². The van der Waals surface area contributed by atoms with E-state index in [2.05, 4.69) is 31.9 Å². The van der Waals surface area contributed by atoms with Crippen LogP contribution in [0.2, 0.25) is 0 Å². The molecule has 136 valence electrons. The van der Waals surface area contributed by atoms with E-state index in [9.17, 15) is 31.1 Å². The molecule has 0 fully saturated rings. The van der Waals surface area contributed by atoms with E-state index in [1.807, 2.05) is 0 Å². The summed E-state index contributed by atoms with van der Waals surface area (Å²) in [6.45, 7) is 0. The van der Waals surface area contributed by atoms with Gasteiger partial charge in [-0.25, -0.2) is 0 Å². The summed E-state index contributed by atoms with van der Waals surface area (Å²) in [5.41, 5.74) is -1.10. The Hall–Kier alpha value is -1.35.